The van der Waals surface area contributed by atoms with Crippen molar-refractivity contribution in [1.29, 1.82) is 0 Å². The maximum absolute atomic E-state index is 12.7. The molecule has 0 aliphatic carbocycles. The molecule has 0 bridgehead atoms. The van der Waals surface area contributed by atoms with Crippen LogP contribution in [0, 0.1) is 5.41 Å². The SMILES string of the molecule is CCO[Si](CCCC(C)(C)C(=O)c1ccccc1)(OCC)OCC. The maximum Gasteiger partial charge on any atom is 0.500 e. The van der Waals surface area contributed by atoms with Gasteiger partial charge in [-0.1, -0.05) is 44.2 Å². The van der Waals surface area contributed by atoms with Gasteiger partial charge in [0.1, 0.15) is 0 Å². The van der Waals surface area contributed by atoms with Crippen molar-refractivity contribution in [2.24, 2.45) is 5.41 Å². The Kier molecular flexibility index (Phi) is 8.84. The van der Waals surface area contributed by atoms with Crippen LogP contribution in [0.25, 0.3) is 0 Å². The lowest BCUT2D eigenvalue weighted by molar-refractivity contribution is 0.0682. The third kappa shape index (κ3) is 6.13. The molecule has 5 heteroatoms. The number of carbonyl (C=O) groups excluding carboxylic acids is 1. The van der Waals surface area contributed by atoms with Crippen LogP contribution in [0.4, 0.5) is 0 Å². The van der Waals surface area contributed by atoms with Gasteiger partial charge in [0.25, 0.3) is 0 Å². The standard InChI is InChI=1S/C19H32O4Si/c1-6-21-24(22-7-2,23-8-3)16-12-15-19(4,5)18(20)17-13-10-9-11-14-17/h9-11,13-14H,6-8,12,15-16H2,1-5H3. The van der Waals surface area contributed by atoms with Crippen molar-refractivity contribution < 1.29 is 18.1 Å². The van der Waals surface area contributed by atoms with E-state index in [1.165, 1.54) is 0 Å². The molecule has 0 atom stereocenters. The summed E-state index contributed by atoms with van der Waals surface area (Å²) in [5.41, 5.74) is 0.358. The first-order chi connectivity index (χ1) is 11.4. The molecule has 1 rings (SSSR count). The van der Waals surface area contributed by atoms with Crippen LogP contribution >= 0.6 is 0 Å². The minimum absolute atomic E-state index is 0.180. The van der Waals surface area contributed by atoms with Gasteiger partial charge in [0.15, 0.2) is 5.78 Å². The molecule has 1 aromatic rings. The van der Waals surface area contributed by atoms with E-state index in [9.17, 15) is 4.79 Å². The predicted molar refractivity (Wildman–Crippen MR) is 99.2 cm³/mol. The predicted octanol–water partition coefficient (Wildman–Crippen LogP) is 4.72. The summed E-state index contributed by atoms with van der Waals surface area (Å²) in [5, 5.41) is 0. The zero-order chi connectivity index (χ0) is 18.1. The molecule has 24 heavy (non-hydrogen) atoms. The fourth-order valence-corrected chi connectivity index (χ4v) is 5.45. The lowest BCUT2D eigenvalue weighted by Gasteiger charge is -2.30. The summed E-state index contributed by atoms with van der Waals surface area (Å²) in [6.07, 6.45) is 1.63. The Balaban J connectivity index is 2.69. The highest BCUT2D eigenvalue weighted by atomic mass is 28.4. The Morgan fingerprint density at radius 2 is 1.46 bits per heavy atom. The van der Waals surface area contributed by atoms with Gasteiger partial charge in [0.05, 0.1) is 0 Å². The number of ketones is 1. The number of Topliss-reactive ketones (excluding diaryl/α,β-unsaturated/α-hetero) is 1. The van der Waals surface area contributed by atoms with E-state index >= 15 is 0 Å². The molecule has 0 saturated heterocycles. The maximum atomic E-state index is 12.7. The average Bonchev–Trinajstić information content (AvgIpc) is 2.55. The summed E-state index contributed by atoms with van der Waals surface area (Å²) in [7, 11) is -2.62. The van der Waals surface area contributed by atoms with Crippen LogP contribution in [-0.2, 0) is 13.3 Å². The van der Waals surface area contributed by atoms with Crippen molar-refractivity contribution in [3.05, 3.63) is 35.9 Å². The third-order valence-corrected chi connectivity index (χ3v) is 7.18. The first-order valence-corrected chi connectivity index (χ1v) is 10.9. The first kappa shape index (κ1) is 21.0. The first-order valence-electron chi connectivity index (χ1n) is 8.92. The molecule has 0 heterocycles. The third-order valence-electron chi connectivity index (χ3n) is 4.03. The smallest absolute Gasteiger partial charge is 0.374 e. The zero-order valence-corrected chi connectivity index (χ0v) is 16.8. The molecular weight excluding hydrogens is 320 g/mol. The van der Waals surface area contributed by atoms with Crippen LogP contribution < -0.4 is 0 Å². The number of hydrogen-bond donors (Lipinski definition) is 0. The second-order valence-electron chi connectivity index (χ2n) is 6.41. The van der Waals surface area contributed by atoms with E-state index in [-0.39, 0.29) is 5.78 Å². The molecular formula is C19H32O4Si. The van der Waals surface area contributed by atoms with Crippen LogP contribution in [0.1, 0.15) is 57.8 Å². The van der Waals surface area contributed by atoms with E-state index in [1.807, 2.05) is 65.0 Å². The van der Waals surface area contributed by atoms with Crippen LogP contribution in [0.15, 0.2) is 30.3 Å². The monoisotopic (exact) mass is 352 g/mol. The van der Waals surface area contributed by atoms with Gasteiger partial charge in [0, 0.05) is 36.8 Å². The van der Waals surface area contributed by atoms with E-state index in [2.05, 4.69) is 0 Å². The summed E-state index contributed by atoms with van der Waals surface area (Å²) in [5.74, 6) is 0.180. The van der Waals surface area contributed by atoms with Crippen LogP contribution in [0.3, 0.4) is 0 Å². The zero-order valence-electron chi connectivity index (χ0n) is 15.8. The summed E-state index contributed by atoms with van der Waals surface area (Å²) < 4.78 is 17.6. The van der Waals surface area contributed by atoms with E-state index in [0.717, 1.165) is 24.4 Å². The number of carbonyl (C=O) groups is 1. The lowest BCUT2D eigenvalue weighted by Crippen LogP contribution is -2.46. The molecule has 0 fully saturated rings. The van der Waals surface area contributed by atoms with Gasteiger partial charge < -0.3 is 13.3 Å². The van der Waals surface area contributed by atoms with Gasteiger partial charge in [-0.25, -0.2) is 0 Å². The van der Waals surface area contributed by atoms with Crippen molar-refractivity contribution in [1.82, 2.24) is 0 Å². The summed E-state index contributed by atoms with van der Waals surface area (Å²) >= 11 is 0. The van der Waals surface area contributed by atoms with Crippen molar-refractivity contribution in [2.45, 2.75) is 53.5 Å². The van der Waals surface area contributed by atoms with E-state index in [4.69, 9.17) is 13.3 Å². The highest BCUT2D eigenvalue weighted by Gasteiger charge is 2.40. The van der Waals surface area contributed by atoms with Crippen molar-refractivity contribution in [3.63, 3.8) is 0 Å². The molecule has 4 nitrogen and oxygen atoms in total. The minimum atomic E-state index is -2.62. The molecule has 0 radical (unpaired) electrons. The van der Waals surface area contributed by atoms with E-state index in [1.54, 1.807) is 0 Å². The molecule has 0 saturated carbocycles. The summed E-state index contributed by atoms with van der Waals surface area (Å²) in [6.45, 7) is 11.6. The molecule has 136 valence electrons. The molecule has 0 aliphatic heterocycles. The van der Waals surface area contributed by atoms with Crippen LogP contribution in [0.2, 0.25) is 6.04 Å². The molecule has 0 aromatic heterocycles. The Labute approximate surface area is 147 Å². The Morgan fingerprint density at radius 1 is 0.958 bits per heavy atom. The van der Waals surface area contributed by atoms with Gasteiger partial charge in [-0.15, -0.1) is 0 Å². The Hall–Kier alpha value is -1.01. The number of hydrogen-bond acceptors (Lipinski definition) is 4. The van der Waals surface area contributed by atoms with Crippen molar-refractivity contribution in [2.75, 3.05) is 19.8 Å². The van der Waals surface area contributed by atoms with Crippen LogP contribution in [-0.4, -0.2) is 34.4 Å². The topological polar surface area (TPSA) is 44.8 Å². The fourth-order valence-electron chi connectivity index (χ4n) is 2.84. The second-order valence-corrected chi connectivity index (χ2v) is 9.15. The van der Waals surface area contributed by atoms with Gasteiger partial charge >= 0.3 is 8.80 Å². The number of rotatable bonds is 12. The highest BCUT2D eigenvalue weighted by Crippen LogP contribution is 2.30. The Bertz CT molecular complexity index is 470. The molecule has 0 aliphatic rings. The molecule has 1 aromatic carbocycles. The molecule has 0 N–H and O–H groups in total. The van der Waals surface area contributed by atoms with Crippen LogP contribution in [0.5, 0.6) is 0 Å². The number of benzene rings is 1. The summed E-state index contributed by atoms with van der Waals surface area (Å²) in [6, 6.07) is 10.2. The molecule has 0 amide bonds. The quantitative estimate of drug-likeness (QED) is 0.403. The highest BCUT2D eigenvalue weighted by molar-refractivity contribution is 6.60. The molecule has 0 spiro atoms. The van der Waals surface area contributed by atoms with Gasteiger partial charge in [-0.3, -0.25) is 4.79 Å². The van der Waals surface area contributed by atoms with Crippen molar-refractivity contribution in [3.8, 4) is 0 Å². The van der Waals surface area contributed by atoms with Gasteiger partial charge in [0.2, 0.25) is 0 Å². The lowest BCUT2D eigenvalue weighted by atomic mass is 9.80. The van der Waals surface area contributed by atoms with E-state index in [0.29, 0.717) is 19.8 Å². The minimum Gasteiger partial charge on any atom is -0.374 e. The van der Waals surface area contributed by atoms with Gasteiger partial charge in [-0.05, 0) is 33.6 Å². The van der Waals surface area contributed by atoms with Crippen molar-refractivity contribution >= 4 is 14.6 Å². The summed E-state index contributed by atoms with van der Waals surface area (Å²) in [4.78, 5) is 12.7. The largest absolute Gasteiger partial charge is 0.500 e. The normalized spacial score (nSPS) is 12.4. The fraction of sp³-hybridized carbons (Fsp3) is 0.632. The van der Waals surface area contributed by atoms with Gasteiger partial charge in [-0.2, -0.15) is 0 Å². The molecule has 0 unspecified atom stereocenters. The van der Waals surface area contributed by atoms with E-state index < -0.39 is 14.2 Å². The second kappa shape index (κ2) is 10.1. The average molecular weight is 353 g/mol. The Morgan fingerprint density at radius 3 is 1.92 bits per heavy atom.